The molecule has 73 valence electrons. The smallest absolute Gasteiger partial charge is 0.160 e. The van der Waals surface area contributed by atoms with Crippen LogP contribution in [0.25, 0.3) is 17.1 Å². The van der Waals surface area contributed by atoms with Crippen molar-refractivity contribution in [2.45, 2.75) is 0 Å². The number of imidazole rings is 1. The Morgan fingerprint density at radius 1 is 1.27 bits per heavy atom. The highest BCUT2D eigenvalue weighted by Gasteiger charge is 2.14. The highest BCUT2D eigenvalue weighted by molar-refractivity contribution is 5.63. The van der Waals surface area contributed by atoms with Crippen molar-refractivity contribution in [2.24, 2.45) is 0 Å². The van der Waals surface area contributed by atoms with Gasteiger partial charge in [0.1, 0.15) is 23.9 Å². The first-order valence-electron chi connectivity index (χ1n) is 4.20. The van der Waals surface area contributed by atoms with Gasteiger partial charge in [-0.1, -0.05) is 10.3 Å². The molecule has 6 heteroatoms. The molecular weight excluding hydrogens is 196 g/mol. The summed E-state index contributed by atoms with van der Waals surface area (Å²) < 4.78 is 11.4. The van der Waals surface area contributed by atoms with E-state index in [4.69, 9.17) is 9.05 Å². The van der Waals surface area contributed by atoms with E-state index >= 15 is 0 Å². The topological polar surface area (TPSA) is 69.9 Å². The van der Waals surface area contributed by atoms with Gasteiger partial charge in [0.25, 0.3) is 0 Å². The van der Waals surface area contributed by atoms with Crippen molar-refractivity contribution in [1.29, 1.82) is 0 Å². The zero-order chi connectivity index (χ0) is 10.1. The van der Waals surface area contributed by atoms with Crippen LogP contribution in [0.15, 0.2) is 40.3 Å². The lowest BCUT2D eigenvalue weighted by molar-refractivity contribution is 0.412. The molecule has 0 unspecified atom stereocenters. The van der Waals surface area contributed by atoms with Crippen LogP contribution < -0.4 is 0 Å². The van der Waals surface area contributed by atoms with Gasteiger partial charge in [0.05, 0.1) is 12.4 Å². The first-order chi connectivity index (χ1) is 7.45. The van der Waals surface area contributed by atoms with Crippen molar-refractivity contribution >= 4 is 0 Å². The molecule has 0 amide bonds. The fourth-order valence-electron chi connectivity index (χ4n) is 1.28. The molecule has 3 aromatic heterocycles. The Bertz CT molecular complexity index is 490. The van der Waals surface area contributed by atoms with E-state index in [1.54, 1.807) is 23.3 Å². The van der Waals surface area contributed by atoms with Crippen molar-refractivity contribution < 1.29 is 9.05 Å². The van der Waals surface area contributed by atoms with Crippen molar-refractivity contribution in [3.8, 4) is 17.1 Å². The van der Waals surface area contributed by atoms with Gasteiger partial charge in [0.15, 0.2) is 5.69 Å². The Labute approximate surface area is 84.1 Å². The normalized spacial score (nSPS) is 10.7. The number of hydrogen-bond acceptors (Lipinski definition) is 5. The predicted molar refractivity (Wildman–Crippen MR) is 48.0 cm³/mol. The maximum atomic E-state index is 4.89. The zero-order valence-electron chi connectivity index (χ0n) is 7.49. The number of nitrogens with zero attached hydrogens (tertiary/aromatic N) is 4. The molecule has 0 N–H and O–H groups in total. The summed E-state index contributed by atoms with van der Waals surface area (Å²) in [7, 11) is 0. The molecule has 1 radical (unpaired) electrons. The fourth-order valence-corrected chi connectivity index (χ4v) is 1.28. The maximum Gasteiger partial charge on any atom is 0.160 e. The van der Waals surface area contributed by atoms with Crippen LogP contribution in [0.1, 0.15) is 0 Å². The number of rotatable bonds is 2. The summed E-state index contributed by atoms with van der Waals surface area (Å²) in [5.41, 5.74) is 1.83. The van der Waals surface area contributed by atoms with E-state index in [1.165, 1.54) is 12.5 Å². The quantitative estimate of drug-likeness (QED) is 0.625. The molecule has 0 bridgehead atoms. The fraction of sp³-hybridized carbons (Fsp3) is 0. The van der Waals surface area contributed by atoms with Crippen LogP contribution in [0.3, 0.4) is 0 Å². The molecule has 0 fully saturated rings. The minimum absolute atomic E-state index is 0.507. The minimum atomic E-state index is 0.507. The summed E-state index contributed by atoms with van der Waals surface area (Å²) >= 11 is 0. The van der Waals surface area contributed by atoms with Gasteiger partial charge in [-0.15, -0.1) is 0 Å². The van der Waals surface area contributed by atoms with E-state index in [9.17, 15) is 0 Å². The molecular formula is C9H5N4O2. The van der Waals surface area contributed by atoms with Crippen LogP contribution in [-0.2, 0) is 0 Å². The van der Waals surface area contributed by atoms with Gasteiger partial charge in [-0.2, -0.15) is 0 Å². The molecule has 0 saturated carbocycles. The molecule has 0 aliphatic rings. The SMILES string of the molecule is [c]1conc1-c1nocc1-n1ccnc1. The highest BCUT2D eigenvalue weighted by atomic mass is 16.5. The van der Waals surface area contributed by atoms with Crippen molar-refractivity contribution in [3.63, 3.8) is 0 Å². The lowest BCUT2D eigenvalue weighted by Gasteiger charge is -1.96. The van der Waals surface area contributed by atoms with Gasteiger partial charge in [-0.05, 0) is 0 Å². The van der Waals surface area contributed by atoms with Crippen molar-refractivity contribution in [3.05, 3.63) is 37.3 Å². The van der Waals surface area contributed by atoms with E-state index in [0.29, 0.717) is 11.4 Å². The average Bonchev–Trinajstić information content (AvgIpc) is 3.01. The Morgan fingerprint density at radius 3 is 3.00 bits per heavy atom. The summed E-state index contributed by atoms with van der Waals surface area (Å²) in [6.07, 6.45) is 7.98. The third kappa shape index (κ3) is 1.23. The summed E-state index contributed by atoms with van der Waals surface area (Å²) in [5, 5.41) is 7.58. The third-order valence-corrected chi connectivity index (χ3v) is 1.95. The van der Waals surface area contributed by atoms with Crippen LogP contribution in [0.5, 0.6) is 0 Å². The van der Waals surface area contributed by atoms with Crippen LogP contribution in [0, 0.1) is 6.07 Å². The van der Waals surface area contributed by atoms with E-state index in [-0.39, 0.29) is 0 Å². The summed E-state index contributed by atoms with van der Waals surface area (Å²) in [4.78, 5) is 3.94. The first kappa shape index (κ1) is 7.98. The van der Waals surface area contributed by atoms with Crippen molar-refractivity contribution in [2.75, 3.05) is 0 Å². The zero-order valence-corrected chi connectivity index (χ0v) is 7.49. The van der Waals surface area contributed by atoms with Gasteiger partial charge >= 0.3 is 0 Å². The van der Waals surface area contributed by atoms with Crippen LogP contribution in [0.2, 0.25) is 0 Å². The Hall–Kier alpha value is -2.37. The van der Waals surface area contributed by atoms with Gasteiger partial charge in [0.2, 0.25) is 0 Å². The second-order valence-electron chi connectivity index (χ2n) is 2.83. The molecule has 0 aromatic carbocycles. The third-order valence-electron chi connectivity index (χ3n) is 1.95. The Kier molecular flexibility index (Phi) is 1.64. The second-order valence-corrected chi connectivity index (χ2v) is 2.83. The largest absolute Gasteiger partial charge is 0.363 e. The molecule has 0 aliphatic heterocycles. The van der Waals surface area contributed by atoms with Crippen LogP contribution >= 0.6 is 0 Å². The van der Waals surface area contributed by atoms with E-state index in [1.807, 2.05) is 0 Å². The molecule has 3 aromatic rings. The summed E-state index contributed by atoms with van der Waals surface area (Å²) in [6.45, 7) is 0. The summed E-state index contributed by atoms with van der Waals surface area (Å²) in [6, 6.07) is 2.81. The first-order valence-corrected chi connectivity index (χ1v) is 4.20. The molecule has 0 atom stereocenters. The van der Waals surface area contributed by atoms with Crippen molar-refractivity contribution in [1.82, 2.24) is 19.9 Å². The minimum Gasteiger partial charge on any atom is -0.363 e. The number of aromatic nitrogens is 4. The van der Waals surface area contributed by atoms with Crippen LogP contribution in [0.4, 0.5) is 0 Å². The van der Waals surface area contributed by atoms with Crippen LogP contribution in [-0.4, -0.2) is 19.9 Å². The predicted octanol–water partition coefficient (Wildman–Crippen LogP) is 1.32. The Morgan fingerprint density at radius 2 is 2.27 bits per heavy atom. The second kappa shape index (κ2) is 3.09. The lowest BCUT2D eigenvalue weighted by Crippen LogP contribution is -1.91. The molecule has 0 saturated heterocycles. The standard InChI is InChI=1S/C9H5N4O2/c1-4-14-11-7(1)9-8(5-15-12-9)13-3-2-10-6-13/h2-6H. The molecule has 15 heavy (non-hydrogen) atoms. The lowest BCUT2D eigenvalue weighted by atomic mass is 10.3. The highest BCUT2D eigenvalue weighted by Crippen LogP contribution is 2.22. The van der Waals surface area contributed by atoms with Gasteiger partial charge in [-0.25, -0.2) is 4.98 Å². The number of hydrogen-bond donors (Lipinski definition) is 0. The molecule has 0 aliphatic carbocycles. The maximum absolute atomic E-state index is 4.89. The molecule has 3 heterocycles. The molecule has 6 nitrogen and oxygen atoms in total. The summed E-state index contributed by atoms with van der Waals surface area (Å²) in [5.74, 6) is 0. The average molecular weight is 201 g/mol. The van der Waals surface area contributed by atoms with Gasteiger partial charge in [0, 0.05) is 12.4 Å². The van der Waals surface area contributed by atoms with Gasteiger partial charge in [-0.3, -0.25) is 0 Å². The van der Waals surface area contributed by atoms with Gasteiger partial charge < -0.3 is 13.6 Å². The van der Waals surface area contributed by atoms with E-state index < -0.39 is 0 Å². The molecule has 0 spiro atoms. The monoisotopic (exact) mass is 201 g/mol. The van der Waals surface area contributed by atoms with E-state index in [0.717, 1.165) is 5.69 Å². The molecule has 3 rings (SSSR count). The Balaban J connectivity index is 2.15. The van der Waals surface area contributed by atoms with E-state index in [2.05, 4.69) is 21.4 Å².